The van der Waals surface area contributed by atoms with Crippen molar-refractivity contribution < 1.29 is 35.1 Å². The highest BCUT2D eigenvalue weighted by molar-refractivity contribution is 7.96. The second-order valence-electron chi connectivity index (χ2n) is 9.87. The lowest BCUT2D eigenvalue weighted by Gasteiger charge is -2.44. The maximum Gasteiger partial charge on any atom is 0.421 e. The fourth-order valence-corrected chi connectivity index (χ4v) is 8.15. The Bertz CT molecular complexity index is 1330. The summed E-state index contributed by atoms with van der Waals surface area (Å²) in [6.45, 7) is 2.18. The van der Waals surface area contributed by atoms with Gasteiger partial charge in [0.15, 0.2) is 15.4 Å². The number of hydrogen-bond acceptors (Lipinski definition) is 8. The Balaban J connectivity index is 1.60. The maximum absolute atomic E-state index is 13.5. The van der Waals surface area contributed by atoms with E-state index in [4.69, 9.17) is 12.2 Å². The summed E-state index contributed by atoms with van der Waals surface area (Å²) in [7, 11) is -6.98. The molecule has 1 aromatic carbocycles. The quantitative estimate of drug-likeness (QED) is 0.502. The van der Waals surface area contributed by atoms with Gasteiger partial charge in [-0.2, -0.15) is 17.5 Å². The van der Waals surface area contributed by atoms with Crippen molar-refractivity contribution >= 4 is 42.6 Å². The van der Waals surface area contributed by atoms with Crippen LogP contribution >= 0.6 is 12.2 Å². The monoisotopic (exact) mass is 593 g/mol. The average molecular weight is 594 g/mol. The first kappa shape index (κ1) is 29.2. The molecule has 1 aliphatic carbocycles. The minimum absolute atomic E-state index is 0.0104. The molecule has 8 nitrogen and oxygen atoms in total. The number of aliphatic hydroxyl groups is 1. The number of thiocarbonyl (C=S) groups is 1. The lowest BCUT2D eigenvalue weighted by Crippen LogP contribution is -2.59. The third kappa shape index (κ3) is 5.99. The summed E-state index contributed by atoms with van der Waals surface area (Å²) in [6, 6.07) is 5.00. The molecule has 38 heavy (non-hydrogen) atoms. The van der Waals surface area contributed by atoms with E-state index in [-0.39, 0.29) is 41.6 Å². The van der Waals surface area contributed by atoms with E-state index in [1.165, 1.54) is 34.6 Å². The molecular weight excluding hydrogens is 563 g/mol. The predicted octanol–water partition coefficient (Wildman–Crippen LogP) is 2.22. The number of sulfonamides is 1. The normalized spacial score (nSPS) is 25.2. The SMILES string of the molecule is C[C@](O)(c1ccc(N2CCN(S(=O)(=O)C3=CC=CCC3=S)C[C@@H]2CN2CCS(=O)(=O)CC2)cc1)C(F)(F)F. The first-order valence-electron chi connectivity index (χ1n) is 12.1. The molecule has 0 unspecified atom stereocenters. The van der Waals surface area contributed by atoms with Gasteiger partial charge in [0.05, 0.1) is 22.5 Å². The molecule has 4 rings (SSSR count). The second kappa shape index (κ2) is 10.6. The lowest BCUT2D eigenvalue weighted by atomic mass is 9.95. The molecule has 0 radical (unpaired) electrons. The molecule has 210 valence electrons. The minimum Gasteiger partial charge on any atom is -0.376 e. The number of sulfone groups is 1. The zero-order valence-electron chi connectivity index (χ0n) is 20.8. The molecule has 2 fully saturated rings. The Morgan fingerprint density at radius 1 is 1.08 bits per heavy atom. The minimum atomic E-state index is -4.85. The number of benzene rings is 1. The van der Waals surface area contributed by atoms with Gasteiger partial charge in [-0.25, -0.2) is 16.8 Å². The number of alkyl halides is 3. The molecule has 2 aliphatic heterocycles. The van der Waals surface area contributed by atoms with E-state index in [1.54, 1.807) is 12.2 Å². The van der Waals surface area contributed by atoms with E-state index in [9.17, 15) is 35.1 Å². The summed E-state index contributed by atoms with van der Waals surface area (Å²) in [5.41, 5.74) is -2.75. The molecule has 2 heterocycles. The van der Waals surface area contributed by atoms with Gasteiger partial charge >= 0.3 is 6.18 Å². The van der Waals surface area contributed by atoms with E-state index < -0.39 is 37.7 Å². The third-order valence-electron chi connectivity index (χ3n) is 7.24. The Morgan fingerprint density at radius 2 is 1.71 bits per heavy atom. The van der Waals surface area contributed by atoms with Crippen molar-refractivity contribution in [2.24, 2.45) is 0 Å². The van der Waals surface area contributed by atoms with Crippen molar-refractivity contribution in [2.45, 2.75) is 31.2 Å². The van der Waals surface area contributed by atoms with Crippen molar-refractivity contribution in [2.75, 3.05) is 55.7 Å². The Morgan fingerprint density at radius 3 is 2.29 bits per heavy atom. The van der Waals surface area contributed by atoms with Gasteiger partial charge in [-0.1, -0.05) is 36.5 Å². The van der Waals surface area contributed by atoms with Crippen LogP contribution in [-0.4, -0.2) is 99.0 Å². The number of nitrogens with zero attached hydrogens (tertiary/aromatic N) is 3. The standard InChI is InChI=1S/C24H30F3N3O5S3/c1-23(31,24(25,26)27)18-6-8-19(9-7-18)30-11-10-29(38(34,35)22-5-3-2-4-21(22)36)17-20(30)16-28-12-14-37(32,33)15-13-28/h2-3,5-9,20,31H,4,10-17H2,1H3/t20-,23-/m0/s1. The van der Waals surface area contributed by atoms with Crippen LogP contribution in [0.25, 0.3) is 0 Å². The largest absolute Gasteiger partial charge is 0.421 e. The summed E-state index contributed by atoms with van der Waals surface area (Å²) in [5, 5.41) is 10.0. The average Bonchev–Trinajstić information content (AvgIpc) is 2.85. The topological polar surface area (TPSA) is 98.2 Å². The van der Waals surface area contributed by atoms with E-state index in [0.29, 0.717) is 43.5 Å². The molecule has 0 aromatic heterocycles. The molecule has 0 amide bonds. The number of hydrogen-bond donors (Lipinski definition) is 1. The van der Waals surface area contributed by atoms with Gasteiger partial charge in [-0.05, 0) is 30.7 Å². The van der Waals surface area contributed by atoms with Gasteiger partial charge in [0.1, 0.15) is 0 Å². The zero-order chi connectivity index (χ0) is 27.9. The van der Waals surface area contributed by atoms with Crippen LogP contribution in [0, 0.1) is 0 Å². The Labute approximate surface area is 226 Å². The van der Waals surface area contributed by atoms with Crippen molar-refractivity contribution in [3.63, 3.8) is 0 Å². The highest BCUT2D eigenvalue weighted by atomic mass is 32.2. The van der Waals surface area contributed by atoms with Crippen LogP contribution in [0.1, 0.15) is 18.9 Å². The fraction of sp³-hybridized carbons (Fsp3) is 0.542. The molecule has 14 heteroatoms. The van der Waals surface area contributed by atoms with Crippen LogP contribution in [0.15, 0.2) is 47.4 Å². The highest BCUT2D eigenvalue weighted by Gasteiger charge is 2.51. The smallest absolute Gasteiger partial charge is 0.376 e. The summed E-state index contributed by atoms with van der Waals surface area (Å²) < 4.78 is 92.0. The van der Waals surface area contributed by atoms with Crippen LogP contribution in [0.2, 0.25) is 0 Å². The van der Waals surface area contributed by atoms with Crippen molar-refractivity contribution in [1.29, 1.82) is 0 Å². The van der Waals surface area contributed by atoms with Crippen molar-refractivity contribution in [3.8, 4) is 0 Å². The van der Waals surface area contributed by atoms with Gasteiger partial charge in [0.25, 0.3) is 0 Å². The van der Waals surface area contributed by atoms with Gasteiger partial charge in [-0.3, -0.25) is 4.90 Å². The summed E-state index contributed by atoms with van der Waals surface area (Å²) in [6.07, 6.45) is 0.437. The molecule has 2 atom stereocenters. The van der Waals surface area contributed by atoms with Gasteiger partial charge in [0, 0.05) is 56.2 Å². The van der Waals surface area contributed by atoms with Crippen LogP contribution < -0.4 is 4.90 Å². The van der Waals surface area contributed by atoms with E-state index >= 15 is 0 Å². The number of allylic oxidation sites excluding steroid dienone is 4. The van der Waals surface area contributed by atoms with Gasteiger partial charge in [-0.15, -0.1) is 0 Å². The number of anilines is 1. The first-order valence-corrected chi connectivity index (χ1v) is 15.8. The molecule has 0 saturated carbocycles. The van der Waals surface area contributed by atoms with Crippen molar-refractivity contribution in [1.82, 2.24) is 9.21 Å². The lowest BCUT2D eigenvalue weighted by molar-refractivity contribution is -0.258. The third-order valence-corrected chi connectivity index (χ3v) is 11.3. The van der Waals surface area contributed by atoms with Crippen LogP contribution in [0.3, 0.4) is 0 Å². The molecule has 3 aliphatic rings. The molecule has 1 aromatic rings. The summed E-state index contributed by atoms with van der Waals surface area (Å²) in [5.74, 6) is 0.0207. The predicted molar refractivity (Wildman–Crippen MR) is 143 cm³/mol. The number of rotatable bonds is 6. The van der Waals surface area contributed by atoms with E-state index in [2.05, 4.69) is 0 Å². The van der Waals surface area contributed by atoms with Gasteiger partial charge < -0.3 is 10.0 Å². The number of halogens is 3. The Kier molecular flexibility index (Phi) is 8.15. The molecule has 1 N–H and O–H groups in total. The Hall–Kier alpha value is -1.84. The number of piperazine rings is 1. The van der Waals surface area contributed by atoms with E-state index in [0.717, 1.165) is 0 Å². The van der Waals surface area contributed by atoms with Crippen molar-refractivity contribution in [3.05, 3.63) is 53.0 Å². The van der Waals surface area contributed by atoms with Gasteiger partial charge in [0.2, 0.25) is 10.0 Å². The second-order valence-corrected chi connectivity index (χ2v) is 14.6. The van der Waals surface area contributed by atoms with Crippen LogP contribution in [0.4, 0.5) is 18.9 Å². The van der Waals surface area contributed by atoms with Crippen LogP contribution in [-0.2, 0) is 25.5 Å². The zero-order valence-corrected chi connectivity index (χ0v) is 23.2. The first-order chi connectivity index (χ1) is 17.6. The summed E-state index contributed by atoms with van der Waals surface area (Å²) >= 11 is 5.29. The summed E-state index contributed by atoms with van der Waals surface area (Å²) in [4.78, 5) is 4.31. The highest BCUT2D eigenvalue weighted by Crippen LogP contribution is 2.39. The van der Waals surface area contributed by atoms with Crippen LogP contribution in [0.5, 0.6) is 0 Å². The molecule has 2 saturated heterocycles. The molecular formula is C24H30F3N3O5S3. The maximum atomic E-state index is 13.5. The van der Waals surface area contributed by atoms with E-state index in [1.807, 2.05) is 9.80 Å². The molecule has 0 bridgehead atoms. The molecule has 0 spiro atoms. The fourth-order valence-electron chi connectivity index (χ4n) is 4.81.